The molecule has 2 rings (SSSR count). The van der Waals surface area contributed by atoms with E-state index < -0.39 is 0 Å². The molecule has 0 bridgehead atoms. The van der Waals surface area contributed by atoms with Gasteiger partial charge in [0, 0.05) is 18.7 Å². The third kappa shape index (κ3) is 3.39. The number of likely N-dealkylation sites (tertiary alicyclic amines) is 1. The van der Waals surface area contributed by atoms with Gasteiger partial charge < -0.3 is 5.73 Å². The van der Waals surface area contributed by atoms with Gasteiger partial charge in [-0.05, 0) is 43.0 Å². The Morgan fingerprint density at radius 2 is 1.85 bits per heavy atom. The Hall–Kier alpha value is -0.930. The van der Waals surface area contributed by atoms with E-state index in [4.69, 9.17) is 5.73 Å². The lowest BCUT2D eigenvalue weighted by atomic mass is 9.74. The van der Waals surface area contributed by atoms with Crippen molar-refractivity contribution in [1.29, 1.82) is 0 Å². The van der Waals surface area contributed by atoms with E-state index in [2.05, 4.69) is 18.7 Å². The molecule has 3 heteroatoms. The predicted octanol–water partition coefficient (Wildman–Crippen LogP) is 3.69. The van der Waals surface area contributed by atoms with Gasteiger partial charge in [-0.25, -0.2) is 4.39 Å². The smallest absolute Gasteiger partial charge is 0.127 e. The van der Waals surface area contributed by atoms with Gasteiger partial charge in [-0.3, -0.25) is 4.90 Å². The van der Waals surface area contributed by atoms with Gasteiger partial charge in [0.1, 0.15) is 5.82 Å². The van der Waals surface area contributed by atoms with Crippen LogP contribution in [0.15, 0.2) is 18.2 Å². The molecule has 20 heavy (non-hydrogen) atoms. The van der Waals surface area contributed by atoms with E-state index in [0.717, 1.165) is 24.2 Å². The van der Waals surface area contributed by atoms with Crippen molar-refractivity contribution in [3.8, 4) is 0 Å². The molecule has 0 unspecified atom stereocenters. The molecule has 0 atom stereocenters. The van der Waals surface area contributed by atoms with Crippen LogP contribution in [0.2, 0.25) is 0 Å². The SMILES string of the molecule is CCC1(CC)CCN(Cc2cc(CN)ccc2F)CC1. The highest BCUT2D eigenvalue weighted by Gasteiger charge is 2.31. The lowest BCUT2D eigenvalue weighted by molar-refractivity contribution is 0.0901. The quantitative estimate of drug-likeness (QED) is 0.890. The van der Waals surface area contributed by atoms with Crippen LogP contribution in [0.4, 0.5) is 4.39 Å². The van der Waals surface area contributed by atoms with E-state index in [1.165, 1.54) is 25.7 Å². The van der Waals surface area contributed by atoms with Crippen LogP contribution in [0.3, 0.4) is 0 Å². The van der Waals surface area contributed by atoms with Crippen LogP contribution in [-0.4, -0.2) is 18.0 Å². The van der Waals surface area contributed by atoms with Gasteiger partial charge in [0.15, 0.2) is 0 Å². The van der Waals surface area contributed by atoms with Crippen molar-refractivity contribution in [3.05, 3.63) is 35.1 Å². The monoisotopic (exact) mass is 278 g/mol. The molecule has 2 N–H and O–H groups in total. The molecule has 1 aromatic carbocycles. The van der Waals surface area contributed by atoms with Crippen molar-refractivity contribution < 1.29 is 4.39 Å². The Morgan fingerprint density at radius 3 is 2.40 bits per heavy atom. The van der Waals surface area contributed by atoms with E-state index in [1.807, 2.05) is 6.07 Å². The molecule has 0 radical (unpaired) electrons. The van der Waals surface area contributed by atoms with E-state index in [9.17, 15) is 4.39 Å². The minimum Gasteiger partial charge on any atom is -0.326 e. The van der Waals surface area contributed by atoms with Crippen molar-refractivity contribution in [2.45, 2.75) is 52.6 Å². The van der Waals surface area contributed by atoms with Gasteiger partial charge in [-0.1, -0.05) is 38.8 Å². The lowest BCUT2D eigenvalue weighted by Gasteiger charge is -2.41. The first-order chi connectivity index (χ1) is 9.62. The molecule has 2 nitrogen and oxygen atoms in total. The van der Waals surface area contributed by atoms with Gasteiger partial charge in [0.25, 0.3) is 0 Å². The highest BCUT2D eigenvalue weighted by molar-refractivity contribution is 5.25. The van der Waals surface area contributed by atoms with Crippen LogP contribution in [0, 0.1) is 11.2 Å². The summed E-state index contributed by atoms with van der Waals surface area (Å²) < 4.78 is 13.9. The van der Waals surface area contributed by atoms with Crippen molar-refractivity contribution in [3.63, 3.8) is 0 Å². The predicted molar refractivity (Wildman–Crippen MR) is 81.8 cm³/mol. The summed E-state index contributed by atoms with van der Waals surface area (Å²) in [6.45, 7) is 7.93. The summed E-state index contributed by atoms with van der Waals surface area (Å²) in [7, 11) is 0. The first-order valence-corrected chi connectivity index (χ1v) is 7.82. The molecule has 0 saturated carbocycles. The van der Waals surface area contributed by atoms with Crippen LogP contribution < -0.4 is 5.73 Å². The van der Waals surface area contributed by atoms with Gasteiger partial charge in [0.2, 0.25) is 0 Å². The molecule has 112 valence electrons. The average molecular weight is 278 g/mol. The summed E-state index contributed by atoms with van der Waals surface area (Å²) in [5, 5.41) is 0. The van der Waals surface area contributed by atoms with Gasteiger partial charge in [0.05, 0.1) is 0 Å². The first kappa shape index (κ1) is 15.5. The number of rotatable bonds is 5. The van der Waals surface area contributed by atoms with Crippen LogP contribution >= 0.6 is 0 Å². The summed E-state index contributed by atoms with van der Waals surface area (Å²) in [4.78, 5) is 2.38. The molecule has 1 aromatic rings. The third-order valence-corrected chi connectivity index (χ3v) is 5.16. The molecule has 1 aliphatic heterocycles. The summed E-state index contributed by atoms with van der Waals surface area (Å²) in [5.74, 6) is -0.106. The molecular formula is C17H27FN2. The molecule has 0 spiro atoms. The van der Waals surface area contributed by atoms with Gasteiger partial charge >= 0.3 is 0 Å². The second-order valence-electron chi connectivity index (χ2n) is 6.11. The fraction of sp³-hybridized carbons (Fsp3) is 0.647. The number of hydrogen-bond acceptors (Lipinski definition) is 2. The Morgan fingerprint density at radius 1 is 1.20 bits per heavy atom. The number of piperidine rings is 1. The van der Waals surface area contributed by atoms with Crippen LogP contribution in [0.25, 0.3) is 0 Å². The molecule has 1 heterocycles. The Kier molecular flexibility index (Phi) is 5.17. The number of benzene rings is 1. The zero-order chi connectivity index (χ0) is 14.6. The second-order valence-corrected chi connectivity index (χ2v) is 6.11. The van der Waals surface area contributed by atoms with E-state index in [-0.39, 0.29) is 5.82 Å². The minimum absolute atomic E-state index is 0.106. The highest BCUT2D eigenvalue weighted by Crippen LogP contribution is 2.38. The molecular weight excluding hydrogens is 251 g/mol. The fourth-order valence-corrected chi connectivity index (χ4v) is 3.26. The van der Waals surface area contributed by atoms with Crippen molar-refractivity contribution in [1.82, 2.24) is 4.90 Å². The van der Waals surface area contributed by atoms with Gasteiger partial charge in [-0.2, -0.15) is 0 Å². The Labute approximate surface area is 122 Å². The maximum Gasteiger partial charge on any atom is 0.127 e. The van der Waals surface area contributed by atoms with Crippen molar-refractivity contribution in [2.24, 2.45) is 11.1 Å². The number of nitrogens with two attached hydrogens (primary N) is 1. The van der Waals surface area contributed by atoms with E-state index in [1.54, 1.807) is 12.1 Å². The summed E-state index contributed by atoms with van der Waals surface area (Å²) >= 11 is 0. The van der Waals surface area contributed by atoms with Crippen molar-refractivity contribution >= 4 is 0 Å². The Bertz CT molecular complexity index is 431. The molecule has 0 amide bonds. The zero-order valence-corrected chi connectivity index (χ0v) is 12.8. The summed E-state index contributed by atoms with van der Waals surface area (Å²) in [5.41, 5.74) is 7.95. The number of nitrogens with zero attached hydrogens (tertiary/aromatic N) is 1. The van der Waals surface area contributed by atoms with E-state index >= 15 is 0 Å². The standard InChI is InChI=1S/C17H27FN2/c1-3-17(4-2)7-9-20(10-8-17)13-15-11-14(12-19)5-6-16(15)18/h5-6,11H,3-4,7-10,12-13,19H2,1-2H3. The minimum atomic E-state index is -0.106. The number of hydrogen-bond donors (Lipinski definition) is 1. The average Bonchev–Trinajstić information content (AvgIpc) is 2.50. The van der Waals surface area contributed by atoms with E-state index in [0.29, 0.717) is 18.5 Å². The topological polar surface area (TPSA) is 29.3 Å². The summed E-state index contributed by atoms with van der Waals surface area (Å²) in [6.07, 6.45) is 4.99. The molecule has 1 fully saturated rings. The van der Waals surface area contributed by atoms with Crippen LogP contribution in [0.1, 0.15) is 50.7 Å². The Balaban J connectivity index is 1.99. The molecule has 1 saturated heterocycles. The number of halogens is 1. The zero-order valence-electron chi connectivity index (χ0n) is 12.8. The highest BCUT2D eigenvalue weighted by atomic mass is 19.1. The third-order valence-electron chi connectivity index (χ3n) is 5.16. The molecule has 0 aliphatic carbocycles. The molecule has 1 aliphatic rings. The summed E-state index contributed by atoms with van der Waals surface area (Å²) in [6, 6.07) is 5.23. The largest absolute Gasteiger partial charge is 0.326 e. The molecule has 0 aromatic heterocycles. The van der Waals surface area contributed by atoms with Gasteiger partial charge in [-0.15, -0.1) is 0 Å². The normalized spacial score (nSPS) is 19.2. The lowest BCUT2D eigenvalue weighted by Crippen LogP contribution is -2.39. The maximum atomic E-state index is 13.9. The second kappa shape index (κ2) is 6.68. The first-order valence-electron chi connectivity index (χ1n) is 7.82. The van der Waals surface area contributed by atoms with Crippen molar-refractivity contribution in [2.75, 3.05) is 13.1 Å². The van der Waals surface area contributed by atoms with Crippen LogP contribution in [-0.2, 0) is 13.1 Å². The fourth-order valence-electron chi connectivity index (χ4n) is 3.26. The van der Waals surface area contributed by atoms with Crippen LogP contribution in [0.5, 0.6) is 0 Å². The maximum absolute atomic E-state index is 13.9.